The molecule has 0 spiro atoms. The van der Waals surface area contributed by atoms with Gasteiger partial charge < -0.3 is 5.32 Å². The molecule has 0 aromatic carbocycles. The van der Waals surface area contributed by atoms with Crippen molar-refractivity contribution in [2.75, 3.05) is 5.75 Å². The van der Waals surface area contributed by atoms with Crippen LogP contribution in [0, 0.1) is 5.92 Å². The normalized spacial score (nSPS) is 31.6. The van der Waals surface area contributed by atoms with Gasteiger partial charge in [-0.25, -0.2) is 0 Å². The summed E-state index contributed by atoms with van der Waals surface area (Å²) < 4.78 is 0. The van der Waals surface area contributed by atoms with Gasteiger partial charge in [-0.15, -0.1) is 11.8 Å². The van der Waals surface area contributed by atoms with Crippen LogP contribution in [0.3, 0.4) is 0 Å². The van der Waals surface area contributed by atoms with E-state index in [4.69, 9.17) is 0 Å². The van der Waals surface area contributed by atoms with E-state index < -0.39 is 0 Å². The molecule has 2 unspecified atom stereocenters. The lowest BCUT2D eigenvalue weighted by molar-refractivity contribution is 0.415. The van der Waals surface area contributed by atoms with Crippen LogP contribution in [0.1, 0.15) is 33.6 Å². The molecule has 0 amide bonds. The molecule has 0 radical (unpaired) electrons. The Kier molecular flexibility index (Phi) is 3.73. The van der Waals surface area contributed by atoms with Crippen molar-refractivity contribution in [3.63, 3.8) is 0 Å². The van der Waals surface area contributed by atoms with E-state index in [9.17, 15) is 0 Å². The van der Waals surface area contributed by atoms with Gasteiger partial charge in [0.1, 0.15) is 0 Å². The maximum Gasteiger partial charge on any atom is 0.0563 e. The molecule has 0 aromatic rings. The average Bonchev–Trinajstić information content (AvgIpc) is 2.39. The highest BCUT2D eigenvalue weighted by Gasteiger charge is 2.26. The van der Waals surface area contributed by atoms with Crippen molar-refractivity contribution in [3.05, 3.63) is 0 Å². The SMILES string of the molecule is CCC(CC)C1NC(C)CS1. The van der Waals surface area contributed by atoms with Crippen molar-refractivity contribution in [1.82, 2.24) is 5.32 Å². The molecule has 2 atom stereocenters. The molecule has 0 aliphatic carbocycles. The molecule has 11 heavy (non-hydrogen) atoms. The molecule has 1 fully saturated rings. The molecule has 0 saturated carbocycles. The van der Waals surface area contributed by atoms with Crippen molar-refractivity contribution >= 4 is 11.8 Å². The fourth-order valence-electron chi connectivity index (χ4n) is 1.61. The van der Waals surface area contributed by atoms with Crippen LogP contribution in [0.2, 0.25) is 0 Å². The first-order valence-electron chi connectivity index (χ1n) is 4.65. The standard InChI is InChI=1S/C9H19NS/c1-4-8(5-2)9-10-7(3)6-11-9/h7-10H,4-6H2,1-3H3. The first kappa shape index (κ1) is 9.40. The van der Waals surface area contributed by atoms with Gasteiger partial charge in [-0.05, 0) is 12.8 Å². The molecular formula is C9H19NS. The van der Waals surface area contributed by atoms with Gasteiger partial charge in [-0.1, -0.05) is 26.7 Å². The highest BCUT2D eigenvalue weighted by Crippen LogP contribution is 2.28. The highest BCUT2D eigenvalue weighted by atomic mass is 32.2. The third-order valence-corrected chi connectivity index (χ3v) is 4.02. The Balaban J connectivity index is 2.34. The zero-order valence-electron chi connectivity index (χ0n) is 7.76. The minimum Gasteiger partial charge on any atom is -0.302 e. The van der Waals surface area contributed by atoms with Gasteiger partial charge in [0.15, 0.2) is 0 Å². The van der Waals surface area contributed by atoms with E-state index in [1.165, 1.54) is 18.6 Å². The highest BCUT2D eigenvalue weighted by molar-refractivity contribution is 8.00. The van der Waals surface area contributed by atoms with Crippen molar-refractivity contribution in [3.8, 4) is 0 Å². The van der Waals surface area contributed by atoms with E-state index in [2.05, 4.69) is 37.8 Å². The number of hydrogen-bond donors (Lipinski definition) is 1. The lowest BCUT2D eigenvalue weighted by atomic mass is 10.0. The molecule has 1 aliphatic heterocycles. The van der Waals surface area contributed by atoms with E-state index in [0.29, 0.717) is 0 Å². The summed E-state index contributed by atoms with van der Waals surface area (Å²) >= 11 is 2.10. The first-order valence-corrected chi connectivity index (χ1v) is 5.70. The summed E-state index contributed by atoms with van der Waals surface area (Å²) in [5.41, 5.74) is 0. The van der Waals surface area contributed by atoms with Crippen LogP contribution in [0.25, 0.3) is 0 Å². The quantitative estimate of drug-likeness (QED) is 0.703. The minimum absolute atomic E-state index is 0.727. The maximum atomic E-state index is 3.62. The smallest absolute Gasteiger partial charge is 0.0563 e. The average molecular weight is 173 g/mol. The Labute approximate surface area is 74.3 Å². The summed E-state index contributed by atoms with van der Waals surface area (Å²) in [6.45, 7) is 6.86. The molecule has 0 bridgehead atoms. The van der Waals surface area contributed by atoms with Gasteiger partial charge >= 0.3 is 0 Å². The van der Waals surface area contributed by atoms with Gasteiger partial charge in [0.2, 0.25) is 0 Å². The van der Waals surface area contributed by atoms with Crippen molar-refractivity contribution in [1.29, 1.82) is 0 Å². The third-order valence-electron chi connectivity index (χ3n) is 2.45. The molecule has 1 N–H and O–H groups in total. The van der Waals surface area contributed by atoms with Gasteiger partial charge in [-0.2, -0.15) is 0 Å². The predicted molar refractivity (Wildman–Crippen MR) is 52.9 cm³/mol. The summed E-state index contributed by atoms with van der Waals surface area (Å²) in [5.74, 6) is 2.17. The lowest BCUT2D eigenvalue weighted by Crippen LogP contribution is -2.32. The van der Waals surface area contributed by atoms with E-state index in [1.807, 2.05) is 0 Å². The fraction of sp³-hybridized carbons (Fsp3) is 1.00. The summed E-state index contributed by atoms with van der Waals surface area (Å²) in [4.78, 5) is 0. The second-order valence-corrected chi connectivity index (χ2v) is 4.57. The predicted octanol–water partition coefficient (Wildman–Crippen LogP) is 2.47. The van der Waals surface area contributed by atoms with E-state index >= 15 is 0 Å². The van der Waals surface area contributed by atoms with E-state index in [-0.39, 0.29) is 0 Å². The van der Waals surface area contributed by atoms with Crippen LogP contribution in [-0.4, -0.2) is 17.2 Å². The monoisotopic (exact) mass is 173 g/mol. The molecule has 2 heteroatoms. The fourth-order valence-corrected chi connectivity index (χ4v) is 3.19. The number of nitrogens with one attached hydrogen (secondary N) is 1. The molecule has 1 nitrogen and oxygen atoms in total. The molecule has 1 rings (SSSR count). The molecule has 1 aliphatic rings. The van der Waals surface area contributed by atoms with Crippen LogP contribution in [0.15, 0.2) is 0 Å². The molecule has 0 aromatic heterocycles. The van der Waals surface area contributed by atoms with E-state index in [0.717, 1.165) is 17.3 Å². The van der Waals surface area contributed by atoms with Gasteiger partial charge in [0, 0.05) is 11.8 Å². The molecular weight excluding hydrogens is 154 g/mol. The van der Waals surface area contributed by atoms with Crippen molar-refractivity contribution in [2.24, 2.45) is 5.92 Å². The Morgan fingerprint density at radius 1 is 1.45 bits per heavy atom. The van der Waals surface area contributed by atoms with Crippen LogP contribution < -0.4 is 5.32 Å². The summed E-state index contributed by atoms with van der Waals surface area (Å²) in [6.07, 6.45) is 2.63. The minimum atomic E-state index is 0.727. The zero-order chi connectivity index (χ0) is 8.27. The van der Waals surface area contributed by atoms with Crippen molar-refractivity contribution in [2.45, 2.75) is 45.0 Å². The number of hydrogen-bond acceptors (Lipinski definition) is 2. The summed E-state index contributed by atoms with van der Waals surface area (Å²) in [7, 11) is 0. The van der Waals surface area contributed by atoms with Crippen LogP contribution >= 0.6 is 11.8 Å². The van der Waals surface area contributed by atoms with Crippen molar-refractivity contribution < 1.29 is 0 Å². The Morgan fingerprint density at radius 3 is 2.45 bits per heavy atom. The molecule has 1 heterocycles. The van der Waals surface area contributed by atoms with Crippen LogP contribution in [-0.2, 0) is 0 Å². The molecule has 66 valence electrons. The van der Waals surface area contributed by atoms with Gasteiger partial charge in [0.25, 0.3) is 0 Å². The van der Waals surface area contributed by atoms with E-state index in [1.54, 1.807) is 0 Å². The Hall–Kier alpha value is 0.310. The summed E-state index contributed by atoms with van der Waals surface area (Å²) in [6, 6.07) is 0.727. The van der Waals surface area contributed by atoms with Crippen LogP contribution in [0.4, 0.5) is 0 Å². The Morgan fingerprint density at radius 2 is 2.09 bits per heavy atom. The second-order valence-electron chi connectivity index (χ2n) is 3.40. The largest absolute Gasteiger partial charge is 0.302 e. The lowest BCUT2D eigenvalue weighted by Gasteiger charge is -2.20. The molecule has 1 saturated heterocycles. The summed E-state index contributed by atoms with van der Waals surface area (Å²) in [5, 5.41) is 4.35. The van der Waals surface area contributed by atoms with Gasteiger partial charge in [0.05, 0.1) is 5.37 Å². The van der Waals surface area contributed by atoms with Crippen LogP contribution in [0.5, 0.6) is 0 Å². The second kappa shape index (κ2) is 4.36. The van der Waals surface area contributed by atoms with Gasteiger partial charge in [-0.3, -0.25) is 0 Å². The number of thioether (sulfide) groups is 1. The third kappa shape index (κ3) is 2.38. The number of rotatable bonds is 3. The zero-order valence-corrected chi connectivity index (χ0v) is 8.58. The topological polar surface area (TPSA) is 12.0 Å². The first-order chi connectivity index (χ1) is 5.27. The Bertz CT molecular complexity index is 112. The maximum absolute atomic E-state index is 3.62.